The van der Waals surface area contributed by atoms with Gasteiger partial charge in [0.25, 0.3) is 0 Å². The molecule has 0 nitrogen and oxygen atoms in total. The van der Waals surface area contributed by atoms with Gasteiger partial charge in [-0.25, -0.2) is 0 Å². The van der Waals surface area contributed by atoms with Crippen LogP contribution in [0.4, 0.5) is 0 Å². The predicted octanol–water partition coefficient (Wildman–Crippen LogP) is 3.19. The Labute approximate surface area is 71.2 Å². The van der Waals surface area contributed by atoms with Crippen LogP contribution < -0.4 is 0 Å². The summed E-state index contributed by atoms with van der Waals surface area (Å²) in [7, 11) is 2.91. The van der Waals surface area contributed by atoms with Crippen LogP contribution in [0.3, 0.4) is 0 Å². The van der Waals surface area contributed by atoms with Crippen molar-refractivity contribution in [3.8, 4) is 0 Å². The molecule has 0 saturated carbocycles. The Bertz CT molecular complexity index is 214. The van der Waals surface area contributed by atoms with Gasteiger partial charge < -0.3 is 0 Å². The minimum atomic E-state index is 0.251. The number of hydrogen-bond acceptors (Lipinski definition) is 0. The van der Waals surface area contributed by atoms with Gasteiger partial charge in [-0.2, -0.15) is 0 Å². The average molecular weight is 166 g/mol. The van der Waals surface area contributed by atoms with Crippen LogP contribution in [-0.4, -0.2) is 0 Å². The zero-order chi connectivity index (χ0) is 8.32. The Morgan fingerprint density at radius 3 is 2.27 bits per heavy atom. The van der Waals surface area contributed by atoms with Crippen molar-refractivity contribution in [3.63, 3.8) is 0 Å². The second kappa shape index (κ2) is 3.36. The van der Waals surface area contributed by atoms with E-state index in [2.05, 4.69) is 53.4 Å². The highest BCUT2D eigenvalue weighted by Gasteiger charge is 2.16. The molecule has 0 amide bonds. The van der Waals surface area contributed by atoms with Gasteiger partial charge in [0.1, 0.15) is 0 Å². The molecule has 1 heteroatoms. The molecular weight excluding hydrogens is 151 g/mol. The first-order valence-corrected chi connectivity index (χ1v) is 4.59. The molecule has 0 saturated heterocycles. The lowest BCUT2D eigenvalue weighted by molar-refractivity contribution is 0.665. The van der Waals surface area contributed by atoms with Crippen LogP contribution >= 0.6 is 9.24 Å². The Balaban J connectivity index is 2.93. The van der Waals surface area contributed by atoms with Crippen LogP contribution in [0, 0.1) is 0 Å². The van der Waals surface area contributed by atoms with Crippen molar-refractivity contribution in [1.82, 2.24) is 0 Å². The van der Waals surface area contributed by atoms with Crippen LogP contribution in [-0.2, 0) is 5.16 Å². The van der Waals surface area contributed by atoms with Gasteiger partial charge >= 0.3 is 0 Å². The van der Waals surface area contributed by atoms with Crippen molar-refractivity contribution in [3.05, 3.63) is 35.9 Å². The van der Waals surface area contributed by atoms with Crippen LogP contribution in [0.5, 0.6) is 0 Å². The molecule has 1 rings (SSSR count). The number of rotatable bonds is 2. The van der Waals surface area contributed by atoms with E-state index in [1.165, 1.54) is 5.56 Å². The highest BCUT2D eigenvalue weighted by atomic mass is 31.0. The van der Waals surface area contributed by atoms with Gasteiger partial charge in [-0.05, 0) is 12.0 Å². The SMILES string of the molecule is CCC(C)(P)c1ccccc1. The molecule has 0 bridgehead atoms. The first-order chi connectivity index (χ1) is 5.17. The third-order valence-electron chi connectivity index (χ3n) is 2.17. The quantitative estimate of drug-likeness (QED) is 0.592. The molecule has 60 valence electrons. The second-order valence-electron chi connectivity index (χ2n) is 3.14. The predicted molar refractivity (Wildman–Crippen MR) is 53.8 cm³/mol. The fourth-order valence-electron chi connectivity index (χ4n) is 1.02. The molecule has 0 spiro atoms. The summed E-state index contributed by atoms with van der Waals surface area (Å²) in [4.78, 5) is 0. The summed E-state index contributed by atoms with van der Waals surface area (Å²) in [5.74, 6) is 0. The van der Waals surface area contributed by atoms with Crippen molar-refractivity contribution >= 4 is 9.24 Å². The topological polar surface area (TPSA) is 0 Å². The Morgan fingerprint density at radius 1 is 1.27 bits per heavy atom. The lowest BCUT2D eigenvalue weighted by atomic mass is 9.98. The minimum Gasteiger partial charge on any atom is -0.127 e. The monoisotopic (exact) mass is 166 g/mol. The molecule has 0 aliphatic carbocycles. The minimum absolute atomic E-state index is 0.251. The Morgan fingerprint density at radius 2 is 1.82 bits per heavy atom. The van der Waals surface area contributed by atoms with E-state index in [0.717, 1.165) is 6.42 Å². The summed E-state index contributed by atoms with van der Waals surface area (Å²) < 4.78 is 0. The third kappa shape index (κ3) is 2.04. The number of hydrogen-bond donors (Lipinski definition) is 0. The van der Waals surface area contributed by atoms with Crippen LogP contribution in [0.15, 0.2) is 30.3 Å². The Hall–Kier alpha value is -0.350. The van der Waals surface area contributed by atoms with E-state index in [1.807, 2.05) is 0 Å². The van der Waals surface area contributed by atoms with Gasteiger partial charge in [-0.1, -0.05) is 44.2 Å². The van der Waals surface area contributed by atoms with E-state index >= 15 is 0 Å². The van der Waals surface area contributed by atoms with Crippen molar-refractivity contribution < 1.29 is 0 Å². The average Bonchev–Trinajstić information content (AvgIpc) is 2.06. The summed E-state index contributed by atoms with van der Waals surface area (Å²) in [6.07, 6.45) is 1.15. The van der Waals surface area contributed by atoms with Crippen molar-refractivity contribution in [1.29, 1.82) is 0 Å². The first kappa shape index (κ1) is 8.74. The molecule has 0 N–H and O–H groups in total. The summed E-state index contributed by atoms with van der Waals surface area (Å²) in [5, 5.41) is 0.251. The van der Waals surface area contributed by atoms with E-state index in [0.29, 0.717) is 0 Å². The summed E-state index contributed by atoms with van der Waals surface area (Å²) in [5.41, 5.74) is 1.40. The fourth-order valence-corrected chi connectivity index (χ4v) is 1.22. The van der Waals surface area contributed by atoms with Crippen molar-refractivity contribution in [2.45, 2.75) is 25.4 Å². The fraction of sp³-hybridized carbons (Fsp3) is 0.400. The molecule has 0 aliphatic heterocycles. The van der Waals surface area contributed by atoms with E-state index in [-0.39, 0.29) is 5.16 Å². The molecule has 0 heterocycles. The maximum absolute atomic E-state index is 2.91. The molecule has 11 heavy (non-hydrogen) atoms. The van der Waals surface area contributed by atoms with E-state index in [9.17, 15) is 0 Å². The van der Waals surface area contributed by atoms with Gasteiger partial charge in [-0.15, -0.1) is 9.24 Å². The standard InChI is InChI=1S/C10H15P/c1-3-10(2,11)9-7-5-4-6-8-9/h4-8H,3,11H2,1-2H3. The zero-order valence-corrected chi connectivity index (χ0v) is 8.33. The van der Waals surface area contributed by atoms with Gasteiger partial charge in [-0.3, -0.25) is 0 Å². The van der Waals surface area contributed by atoms with Crippen molar-refractivity contribution in [2.75, 3.05) is 0 Å². The highest BCUT2D eigenvalue weighted by Crippen LogP contribution is 2.33. The lowest BCUT2D eigenvalue weighted by Crippen LogP contribution is -2.10. The molecule has 0 fully saturated rings. The highest BCUT2D eigenvalue weighted by molar-refractivity contribution is 7.18. The summed E-state index contributed by atoms with van der Waals surface area (Å²) in [6.45, 7) is 4.45. The van der Waals surface area contributed by atoms with E-state index < -0.39 is 0 Å². The third-order valence-corrected chi connectivity index (χ3v) is 2.91. The maximum atomic E-state index is 2.91. The van der Waals surface area contributed by atoms with Crippen LogP contribution in [0.2, 0.25) is 0 Å². The summed E-state index contributed by atoms with van der Waals surface area (Å²) in [6, 6.07) is 10.6. The van der Waals surface area contributed by atoms with Crippen LogP contribution in [0.1, 0.15) is 25.8 Å². The molecule has 1 aromatic rings. The molecular formula is C10H15P. The van der Waals surface area contributed by atoms with Gasteiger partial charge in [0, 0.05) is 5.16 Å². The lowest BCUT2D eigenvalue weighted by Gasteiger charge is -2.22. The van der Waals surface area contributed by atoms with E-state index in [4.69, 9.17) is 0 Å². The molecule has 1 aromatic carbocycles. The molecule has 0 aliphatic rings. The van der Waals surface area contributed by atoms with E-state index in [1.54, 1.807) is 0 Å². The number of benzene rings is 1. The maximum Gasteiger partial charge on any atom is 0.00668 e. The van der Waals surface area contributed by atoms with Gasteiger partial charge in [0.15, 0.2) is 0 Å². The first-order valence-electron chi connectivity index (χ1n) is 4.01. The molecule has 0 radical (unpaired) electrons. The summed E-state index contributed by atoms with van der Waals surface area (Å²) >= 11 is 0. The van der Waals surface area contributed by atoms with Gasteiger partial charge in [0.05, 0.1) is 0 Å². The second-order valence-corrected chi connectivity index (χ2v) is 4.41. The molecule has 2 unspecified atom stereocenters. The smallest absolute Gasteiger partial charge is 0.00668 e. The largest absolute Gasteiger partial charge is 0.127 e. The van der Waals surface area contributed by atoms with Gasteiger partial charge in [0.2, 0.25) is 0 Å². The zero-order valence-electron chi connectivity index (χ0n) is 7.17. The van der Waals surface area contributed by atoms with Crippen molar-refractivity contribution in [2.24, 2.45) is 0 Å². The van der Waals surface area contributed by atoms with Crippen LogP contribution in [0.25, 0.3) is 0 Å². The molecule has 0 aromatic heterocycles. The normalized spacial score (nSPS) is 15.9. The Kier molecular flexibility index (Phi) is 2.67. The molecule has 2 atom stereocenters.